The van der Waals surface area contributed by atoms with E-state index in [2.05, 4.69) is 5.32 Å². The lowest BCUT2D eigenvalue weighted by molar-refractivity contribution is -0.141. The molecule has 98 valence electrons. The SMILES string of the molecule is CC(=O)N[C@H](Cc1ccc2ccccc2c1)C(=O)O. The summed E-state index contributed by atoms with van der Waals surface area (Å²) in [5, 5.41) is 13.7. The van der Waals surface area contributed by atoms with Gasteiger partial charge in [-0.3, -0.25) is 4.79 Å². The summed E-state index contributed by atoms with van der Waals surface area (Å²) >= 11 is 0. The van der Waals surface area contributed by atoms with Crippen LogP contribution in [0.4, 0.5) is 0 Å². The van der Waals surface area contributed by atoms with Crippen LogP contribution >= 0.6 is 0 Å². The molecule has 2 rings (SSSR count). The Morgan fingerprint density at radius 3 is 2.47 bits per heavy atom. The number of hydrogen-bond acceptors (Lipinski definition) is 2. The van der Waals surface area contributed by atoms with Crippen LogP contribution in [0, 0.1) is 0 Å². The third-order valence-electron chi connectivity index (χ3n) is 2.93. The molecule has 0 heterocycles. The number of fused-ring (bicyclic) bond motifs is 1. The second kappa shape index (κ2) is 5.52. The summed E-state index contributed by atoms with van der Waals surface area (Å²) in [4.78, 5) is 22.1. The molecule has 0 aliphatic carbocycles. The Labute approximate surface area is 111 Å². The first-order chi connectivity index (χ1) is 9.06. The molecular formula is C15H15NO3. The second-order valence-electron chi connectivity index (χ2n) is 4.48. The molecule has 0 spiro atoms. The third kappa shape index (κ3) is 3.31. The molecule has 4 heteroatoms. The van der Waals surface area contributed by atoms with Gasteiger partial charge in [0.15, 0.2) is 0 Å². The van der Waals surface area contributed by atoms with Crippen LogP contribution in [0.25, 0.3) is 10.8 Å². The lowest BCUT2D eigenvalue weighted by Gasteiger charge is -2.13. The van der Waals surface area contributed by atoms with Crippen molar-refractivity contribution >= 4 is 22.6 Å². The molecule has 0 aliphatic heterocycles. The van der Waals surface area contributed by atoms with Crippen molar-refractivity contribution in [3.8, 4) is 0 Å². The van der Waals surface area contributed by atoms with E-state index >= 15 is 0 Å². The van der Waals surface area contributed by atoms with Crippen molar-refractivity contribution in [3.63, 3.8) is 0 Å². The van der Waals surface area contributed by atoms with Gasteiger partial charge in [-0.1, -0.05) is 42.5 Å². The quantitative estimate of drug-likeness (QED) is 0.880. The lowest BCUT2D eigenvalue weighted by Crippen LogP contribution is -2.41. The predicted octanol–water partition coefficient (Wildman–Crippen LogP) is 1.97. The number of hydrogen-bond donors (Lipinski definition) is 2. The third-order valence-corrected chi connectivity index (χ3v) is 2.93. The molecule has 0 radical (unpaired) electrons. The molecule has 19 heavy (non-hydrogen) atoms. The van der Waals surface area contributed by atoms with Gasteiger partial charge >= 0.3 is 5.97 Å². The number of nitrogens with one attached hydrogen (secondary N) is 1. The molecular weight excluding hydrogens is 242 g/mol. The van der Waals surface area contributed by atoms with Gasteiger partial charge in [0.05, 0.1) is 0 Å². The lowest BCUT2D eigenvalue weighted by atomic mass is 10.0. The summed E-state index contributed by atoms with van der Waals surface area (Å²) in [6.07, 6.45) is 0.278. The number of carbonyl (C=O) groups is 2. The summed E-state index contributed by atoms with van der Waals surface area (Å²) in [5.74, 6) is -1.36. The summed E-state index contributed by atoms with van der Waals surface area (Å²) in [6, 6.07) is 12.8. The number of carbonyl (C=O) groups excluding carboxylic acids is 1. The minimum absolute atomic E-state index is 0.278. The number of benzene rings is 2. The van der Waals surface area contributed by atoms with E-state index < -0.39 is 12.0 Å². The Kier molecular flexibility index (Phi) is 3.80. The van der Waals surface area contributed by atoms with E-state index in [1.165, 1.54) is 6.92 Å². The number of carboxylic acid groups (broad SMARTS) is 1. The Hall–Kier alpha value is -2.36. The maximum atomic E-state index is 11.1. The van der Waals surface area contributed by atoms with Gasteiger partial charge in [-0.25, -0.2) is 4.79 Å². The Bertz CT molecular complexity index is 622. The van der Waals surface area contributed by atoms with Gasteiger partial charge in [0.25, 0.3) is 0 Å². The first-order valence-electron chi connectivity index (χ1n) is 6.04. The minimum Gasteiger partial charge on any atom is -0.480 e. The molecule has 1 atom stereocenters. The van der Waals surface area contributed by atoms with Crippen molar-refractivity contribution in [2.24, 2.45) is 0 Å². The van der Waals surface area contributed by atoms with Crippen LogP contribution in [0.5, 0.6) is 0 Å². The second-order valence-corrected chi connectivity index (χ2v) is 4.48. The normalized spacial score (nSPS) is 12.1. The standard InChI is InChI=1S/C15H15NO3/c1-10(17)16-14(15(18)19)9-11-6-7-12-4-2-3-5-13(12)8-11/h2-8,14H,9H2,1H3,(H,16,17)(H,18,19)/t14-/m1/s1. The van der Waals surface area contributed by atoms with Crippen LogP contribution < -0.4 is 5.32 Å². The Morgan fingerprint density at radius 1 is 1.16 bits per heavy atom. The van der Waals surface area contributed by atoms with Crippen LogP contribution in [-0.2, 0) is 16.0 Å². The van der Waals surface area contributed by atoms with Gasteiger partial charge in [0.1, 0.15) is 6.04 Å². The fourth-order valence-corrected chi connectivity index (χ4v) is 2.05. The van der Waals surface area contributed by atoms with Gasteiger partial charge in [0, 0.05) is 13.3 Å². The topological polar surface area (TPSA) is 66.4 Å². The average Bonchev–Trinajstić information content (AvgIpc) is 2.37. The van der Waals surface area contributed by atoms with E-state index in [1.54, 1.807) is 0 Å². The van der Waals surface area contributed by atoms with E-state index in [0.717, 1.165) is 16.3 Å². The van der Waals surface area contributed by atoms with E-state index in [4.69, 9.17) is 5.11 Å². The molecule has 1 amide bonds. The summed E-state index contributed by atoms with van der Waals surface area (Å²) < 4.78 is 0. The van der Waals surface area contributed by atoms with Gasteiger partial charge in [-0.15, -0.1) is 0 Å². The molecule has 2 aromatic rings. The van der Waals surface area contributed by atoms with Crippen LogP contribution in [-0.4, -0.2) is 23.0 Å². The molecule has 0 fully saturated rings. The molecule has 0 aliphatic rings. The van der Waals surface area contributed by atoms with Crippen LogP contribution in [0.2, 0.25) is 0 Å². The zero-order chi connectivity index (χ0) is 13.8. The highest BCUT2D eigenvalue weighted by Gasteiger charge is 2.18. The highest BCUT2D eigenvalue weighted by Crippen LogP contribution is 2.16. The number of aliphatic carboxylic acids is 1. The van der Waals surface area contributed by atoms with E-state index in [9.17, 15) is 9.59 Å². The fourth-order valence-electron chi connectivity index (χ4n) is 2.05. The molecule has 0 saturated heterocycles. The zero-order valence-corrected chi connectivity index (χ0v) is 10.6. The van der Waals surface area contributed by atoms with Gasteiger partial charge in [-0.05, 0) is 16.3 Å². The van der Waals surface area contributed by atoms with Crippen molar-refractivity contribution in [2.75, 3.05) is 0 Å². The number of amides is 1. The van der Waals surface area contributed by atoms with E-state index in [-0.39, 0.29) is 12.3 Å². The molecule has 4 nitrogen and oxygen atoms in total. The monoisotopic (exact) mass is 257 g/mol. The van der Waals surface area contributed by atoms with Crippen molar-refractivity contribution in [1.29, 1.82) is 0 Å². The summed E-state index contributed by atoms with van der Waals surface area (Å²) in [6.45, 7) is 1.32. The fraction of sp³-hybridized carbons (Fsp3) is 0.200. The molecule has 0 aromatic heterocycles. The van der Waals surface area contributed by atoms with E-state index in [1.807, 2.05) is 42.5 Å². The summed E-state index contributed by atoms with van der Waals surface area (Å²) in [7, 11) is 0. The average molecular weight is 257 g/mol. The van der Waals surface area contributed by atoms with Crippen LogP contribution in [0.15, 0.2) is 42.5 Å². The molecule has 2 N–H and O–H groups in total. The summed E-state index contributed by atoms with van der Waals surface area (Å²) in [5.41, 5.74) is 0.889. The van der Waals surface area contributed by atoms with Crippen molar-refractivity contribution < 1.29 is 14.7 Å². The van der Waals surface area contributed by atoms with Gasteiger partial charge < -0.3 is 10.4 Å². The maximum Gasteiger partial charge on any atom is 0.326 e. The van der Waals surface area contributed by atoms with E-state index in [0.29, 0.717) is 0 Å². The van der Waals surface area contributed by atoms with Crippen molar-refractivity contribution in [1.82, 2.24) is 5.32 Å². The van der Waals surface area contributed by atoms with Crippen LogP contribution in [0.1, 0.15) is 12.5 Å². The molecule has 0 unspecified atom stereocenters. The van der Waals surface area contributed by atoms with Crippen LogP contribution in [0.3, 0.4) is 0 Å². The zero-order valence-electron chi connectivity index (χ0n) is 10.6. The molecule has 2 aromatic carbocycles. The largest absolute Gasteiger partial charge is 0.480 e. The first kappa shape index (κ1) is 13.1. The minimum atomic E-state index is -1.02. The highest BCUT2D eigenvalue weighted by molar-refractivity contribution is 5.84. The number of carboxylic acids is 1. The van der Waals surface area contributed by atoms with Crippen molar-refractivity contribution in [2.45, 2.75) is 19.4 Å². The van der Waals surface area contributed by atoms with Gasteiger partial charge in [-0.2, -0.15) is 0 Å². The smallest absolute Gasteiger partial charge is 0.326 e. The Balaban J connectivity index is 2.23. The highest BCUT2D eigenvalue weighted by atomic mass is 16.4. The molecule has 0 saturated carbocycles. The van der Waals surface area contributed by atoms with Crippen molar-refractivity contribution in [3.05, 3.63) is 48.0 Å². The first-order valence-corrected chi connectivity index (χ1v) is 6.04. The van der Waals surface area contributed by atoms with Gasteiger partial charge in [0.2, 0.25) is 5.91 Å². The molecule has 0 bridgehead atoms. The Morgan fingerprint density at radius 2 is 1.84 bits per heavy atom. The predicted molar refractivity (Wildman–Crippen MR) is 72.9 cm³/mol. The maximum absolute atomic E-state index is 11.1. The number of rotatable bonds is 4.